The Morgan fingerprint density at radius 2 is 1.82 bits per heavy atom. The van der Waals surface area contributed by atoms with Crippen molar-refractivity contribution in [2.45, 2.75) is 26.9 Å². The van der Waals surface area contributed by atoms with Gasteiger partial charge in [0, 0.05) is 10.9 Å². The van der Waals surface area contributed by atoms with Crippen LogP contribution in [0, 0.1) is 6.92 Å². The summed E-state index contributed by atoms with van der Waals surface area (Å²) in [6, 6.07) is 8.08. The Hall–Kier alpha value is -0.870. The summed E-state index contributed by atoms with van der Waals surface area (Å²) < 4.78 is 5.59. The Morgan fingerprint density at radius 3 is 2.29 bits per heavy atom. The zero-order valence-corrected chi connectivity index (χ0v) is 12.5. The van der Waals surface area contributed by atoms with Crippen LogP contribution in [-0.2, 0) is 0 Å². The van der Waals surface area contributed by atoms with Crippen molar-refractivity contribution in [3.05, 3.63) is 34.7 Å². The van der Waals surface area contributed by atoms with Gasteiger partial charge in [0.25, 0.3) is 0 Å². The molecular weight excluding hydrogens is 298 g/mol. The lowest BCUT2D eigenvalue weighted by Crippen LogP contribution is -3.00. The summed E-state index contributed by atoms with van der Waals surface area (Å²) in [6.45, 7) is 6.07. The van der Waals surface area contributed by atoms with Gasteiger partial charge in [-0.15, -0.1) is 11.3 Å². The Kier molecular flexibility index (Phi) is 5.15. The molecule has 0 atom stereocenters. The molecule has 0 unspecified atom stereocenters. The highest BCUT2D eigenvalue weighted by molar-refractivity contribution is 7.09. The molecule has 0 aliphatic heterocycles. The van der Waals surface area contributed by atoms with Crippen LogP contribution in [0.4, 0.5) is 0 Å². The van der Waals surface area contributed by atoms with E-state index < -0.39 is 0 Å². The van der Waals surface area contributed by atoms with Gasteiger partial charge in [-0.05, 0) is 45.0 Å². The summed E-state index contributed by atoms with van der Waals surface area (Å²) in [6.07, 6.45) is 0.215. The topological polar surface area (TPSA) is 22.1 Å². The Bertz CT molecular complexity index is 465. The summed E-state index contributed by atoms with van der Waals surface area (Å²) in [5.74, 6) is 0.908. The molecule has 0 saturated heterocycles. The molecule has 0 saturated carbocycles. The SMILES string of the molecule is Cc1nc(-c2ccc(OC(C)C)cc2)cs1.[Br-]. The standard InChI is InChI=1S/C13H15NOS.BrH/c1-9(2)15-12-6-4-11(5-7-12)13-8-16-10(3)14-13;/h4-9H,1-3H3;1H/p-1. The lowest BCUT2D eigenvalue weighted by molar-refractivity contribution is -0.00000464. The van der Waals surface area contributed by atoms with Gasteiger partial charge in [-0.3, -0.25) is 0 Å². The van der Waals surface area contributed by atoms with Crippen molar-refractivity contribution in [2.24, 2.45) is 0 Å². The van der Waals surface area contributed by atoms with Gasteiger partial charge in [0.2, 0.25) is 0 Å². The van der Waals surface area contributed by atoms with Gasteiger partial charge < -0.3 is 21.7 Å². The minimum atomic E-state index is 0. The molecule has 2 aromatic rings. The van der Waals surface area contributed by atoms with E-state index in [1.54, 1.807) is 11.3 Å². The molecule has 0 amide bonds. The number of hydrogen-bond donors (Lipinski definition) is 0. The molecule has 0 bridgehead atoms. The molecule has 1 heterocycles. The number of benzene rings is 1. The normalized spacial score (nSPS) is 10.1. The summed E-state index contributed by atoms with van der Waals surface area (Å²) >= 11 is 1.67. The molecule has 0 radical (unpaired) electrons. The Balaban J connectivity index is 0.00000144. The van der Waals surface area contributed by atoms with Crippen LogP contribution < -0.4 is 21.7 Å². The smallest absolute Gasteiger partial charge is 0.119 e. The van der Waals surface area contributed by atoms with E-state index in [2.05, 4.69) is 10.4 Å². The second kappa shape index (κ2) is 6.17. The summed E-state index contributed by atoms with van der Waals surface area (Å²) in [5.41, 5.74) is 2.18. The highest BCUT2D eigenvalue weighted by Crippen LogP contribution is 2.24. The third kappa shape index (κ3) is 3.82. The van der Waals surface area contributed by atoms with Crippen molar-refractivity contribution in [2.75, 3.05) is 0 Å². The predicted molar refractivity (Wildman–Crippen MR) is 68.1 cm³/mol. The zero-order valence-electron chi connectivity index (χ0n) is 10.1. The van der Waals surface area contributed by atoms with Crippen molar-refractivity contribution in [3.8, 4) is 17.0 Å². The van der Waals surface area contributed by atoms with Crippen molar-refractivity contribution in [1.29, 1.82) is 0 Å². The number of thiazole rings is 1. The van der Waals surface area contributed by atoms with E-state index in [0.717, 1.165) is 22.0 Å². The summed E-state index contributed by atoms with van der Waals surface area (Å²) in [7, 11) is 0. The molecule has 17 heavy (non-hydrogen) atoms. The second-order valence-corrected chi connectivity index (χ2v) is 5.00. The molecule has 0 fully saturated rings. The van der Waals surface area contributed by atoms with E-state index in [4.69, 9.17) is 4.74 Å². The van der Waals surface area contributed by atoms with Gasteiger partial charge in [-0.2, -0.15) is 0 Å². The van der Waals surface area contributed by atoms with E-state index >= 15 is 0 Å². The van der Waals surface area contributed by atoms with Crippen molar-refractivity contribution >= 4 is 11.3 Å². The predicted octanol–water partition coefficient (Wildman–Crippen LogP) is 0.910. The Labute approximate surface area is 116 Å². The fraction of sp³-hybridized carbons (Fsp3) is 0.308. The van der Waals surface area contributed by atoms with Crippen molar-refractivity contribution < 1.29 is 21.7 Å². The highest BCUT2D eigenvalue weighted by atomic mass is 79.9. The van der Waals surface area contributed by atoms with Crippen LogP contribution in [0.15, 0.2) is 29.6 Å². The first-order chi connectivity index (χ1) is 7.65. The summed E-state index contributed by atoms with van der Waals surface area (Å²) in [5, 5.41) is 3.17. The molecule has 0 spiro atoms. The maximum Gasteiger partial charge on any atom is 0.119 e. The molecule has 4 heteroatoms. The molecule has 92 valence electrons. The van der Waals surface area contributed by atoms with Crippen LogP contribution in [-0.4, -0.2) is 11.1 Å². The number of nitrogens with zero attached hydrogens (tertiary/aromatic N) is 1. The maximum atomic E-state index is 5.59. The van der Waals surface area contributed by atoms with Crippen molar-refractivity contribution in [3.63, 3.8) is 0 Å². The molecule has 1 aromatic carbocycles. The van der Waals surface area contributed by atoms with Crippen LogP contribution in [0.1, 0.15) is 18.9 Å². The van der Waals surface area contributed by atoms with Crippen LogP contribution in [0.25, 0.3) is 11.3 Å². The first-order valence-corrected chi connectivity index (χ1v) is 6.22. The van der Waals surface area contributed by atoms with Crippen LogP contribution in [0.2, 0.25) is 0 Å². The monoisotopic (exact) mass is 312 g/mol. The molecule has 2 rings (SSSR count). The van der Waals surface area contributed by atoms with E-state index in [1.165, 1.54) is 0 Å². The minimum Gasteiger partial charge on any atom is -1.00 e. The maximum absolute atomic E-state index is 5.59. The quantitative estimate of drug-likeness (QED) is 0.840. The minimum absolute atomic E-state index is 0. The van der Waals surface area contributed by atoms with Gasteiger partial charge in [0.1, 0.15) is 5.75 Å². The van der Waals surface area contributed by atoms with Crippen LogP contribution >= 0.6 is 11.3 Å². The first kappa shape index (κ1) is 14.2. The van der Waals surface area contributed by atoms with E-state index in [-0.39, 0.29) is 23.1 Å². The Morgan fingerprint density at radius 1 is 1.18 bits per heavy atom. The van der Waals surface area contributed by atoms with Crippen molar-refractivity contribution in [1.82, 2.24) is 4.98 Å². The molecular formula is C13H15BrNOS-. The molecule has 0 N–H and O–H groups in total. The number of aryl methyl sites for hydroxylation is 1. The molecule has 1 aromatic heterocycles. The van der Waals surface area contributed by atoms with Gasteiger partial charge in [0.15, 0.2) is 0 Å². The number of ether oxygens (including phenoxy) is 1. The number of hydrogen-bond acceptors (Lipinski definition) is 3. The van der Waals surface area contributed by atoms with Gasteiger partial charge in [0.05, 0.1) is 16.8 Å². The second-order valence-electron chi connectivity index (χ2n) is 3.94. The first-order valence-electron chi connectivity index (χ1n) is 5.34. The molecule has 0 aliphatic rings. The van der Waals surface area contributed by atoms with Gasteiger partial charge in [-0.1, -0.05) is 0 Å². The summed E-state index contributed by atoms with van der Waals surface area (Å²) in [4.78, 5) is 4.45. The third-order valence-corrected chi connectivity index (χ3v) is 2.91. The fourth-order valence-corrected chi connectivity index (χ4v) is 2.09. The molecule has 2 nitrogen and oxygen atoms in total. The fourth-order valence-electron chi connectivity index (χ4n) is 1.47. The average molecular weight is 313 g/mol. The van der Waals surface area contributed by atoms with Gasteiger partial charge >= 0.3 is 0 Å². The van der Waals surface area contributed by atoms with Crippen LogP contribution in [0.5, 0.6) is 5.75 Å². The highest BCUT2D eigenvalue weighted by Gasteiger charge is 2.02. The molecule has 0 aliphatic carbocycles. The lowest BCUT2D eigenvalue weighted by Gasteiger charge is -2.09. The van der Waals surface area contributed by atoms with Crippen LogP contribution in [0.3, 0.4) is 0 Å². The average Bonchev–Trinajstić information content (AvgIpc) is 2.65. The lowest BCUT2D eigenvalue weighted by atomic mass is 10.2. The largest absolute Gasteiger partial charge is 1.00 e. The van der Waals surface area contributed by atoms with E-state index in [9.17, 15) is 0 Å². The van der Waals surface area contributed by atoms with E-state index in [0.29, 0.717) is 0 Å². The van der Waals surface area contributed by atoms with Gasteiger partial charge in [-0.25, -0.2) is 4.98 Å². The zero-order chi connectivity index (χ0) is 11.5. The van der Waals surface area contributed by atoms with E-state index in [1.807, 2.05) is 45.0 Å². The third-order valence-electron chi connectivity index (χ3n) is 2.14. The number of halogens is 1. The number of aromatic nitrogens is 1. The number of rotatable bonds is 3.